The van der Waals surface area contributed by atoms with Gasteiger partial charge in [0, 0.05) is 6.42 Å². The monoisotopic (exact) mass is 495 g/mol. The fraction of sp³-hybridized carbons (Fsp3) is 0.923. The number of rotatable bonds is 8. The summed E-state index contributed by atoms with van der Waals surface area (Å²) in [6, 6.07) is -1.57. The number of aliphatic hydroxyl groups is 3. The molecule has 2 aliphatic heterocycles. The van der Waals surface area contributed by atoms with Gasteiger partial charge in [0.05, 0.1) is 32.5 Å². The van der Waals surface area contributed by atoms with Gasteiger partial charge in [0.15, 0.2) is 22.7 Å². The second-order valence-corrected chi connectivity index (χ2v) is 8.84. The average Bonchev–Trinajstić information content (AvgIpc) is 2.65. The van der Waals surface area contributed by atoms with Crippen molar-refractivity contribution in [1.82, 2.24) is 4.72 Å². The van der Waals surface area contributed by atoms with E-state index in [0.29, 0.717) is 0 Å². The molecule has 16 nitrogen and oxygen atoms in total. The Labute approximate surface area is 176 Å². The van der Waals surface area contributed by atoms with Crippen LogP contribution < -0.4 is 4.72 Å². The summed E-state index contributed by atoms with van der Waals surface area (Å²) < 4.78 is 90.9. The van der Waals surface area contributed by atoms with Gasteiger partial charge in [-0.1, -0.05) is 0 Å². The van der Waals surface area contributed by atoms with Gasteiger partial charge in [0.25, 0.3) is 0 Å². The van der Waals surface area contributed by atoms with E-state index in [0.717, 1.165) is 7.11 Å². The lowest BCUT2D eigenvalue weighted by Gasteiger charge is -2.44. The van der Waals surface area contributed by atoms with E-state index in [1.165, 1.54) is 4.72 Å². The first-order valence-electron chi connectivity index (χ1n) is 8.59. The minimum absolute atomic E-state index is 0.364. The molecule has 2 aliphatic rings. The van der Waals surface area contributed by atoms with Crippen LogP contribution in [-0.2, 0) is 48.6 Å². The van der Waals surface area contributed by atoms with Gasteiger partial charge in [-0.05, 0) is 0 Å². The van der Waals surface area contributed by atoms with E-state index in [9.17, 15) is 46.1 Å². The Bertz CT molecular complexity index is 830. The molecule has 182 valence electrons. The fourth-order valence-corrected chi connectivity index (χ4v) is 3.89. The van der Waals surface area contributed by atoms with Gasteiger partial charge in [-0.25, -0.2) is 26.4 Å². The molecular weight excluding hydrogens is 474 g/mol. The minimum Gasteiger partial charge on any atom is -0.735 e. The summed E-state index contributed by atoms with van der Waals surface area (Å²) in [5.41, 5.74) is 0. The predicted octanol–water partition coefficient (Wildman–Crippen LogP) is -4.96. The first-order valence-corrected chi connectivity index (χ1v) is 11.3. The SMILES string of the molecule is COC(=O)C1CC(O)C(O)C(OC2C(COS(=O)(=O)[O-])OCC(NS(=O)(=O)[O-])C2O)O1. The third-order valence-corrected chi connectivity index (χ3v) is 5.48. The number of nitrogens with one attached hydrogen (secondary N) is 1. The van der Waals surface area contributed by atoms with Crippen LogP contribution in [0.5, 0.6) is 0 Å². The summed E-state index contributed by atoms with van der Waals surface area (Å²) in [4.78, 5) is 11.7. The van der Waals surface area contributed by atoms with Crippen LogP contribution in [0.25, 0.3) is 0 Å². The van der Waals surface area contributed by atoms with Gasteiger partial charge in [-0.3, -0.25) is 4.18 Å². The molecule has 0 bridgehead atoms. The highest BCUT2D eigenvalue weighted by Gasteiger charge is 2.47. The molecule has 8 atom stereocenters. The van der Waals surface area contributed by atoms with Crippen molar-refractivity contribution in [2.45, 2.75) is 55.4 Å². The van der Waals surface area contributed by atoms with Gasteiger partial charge in [-0.2, -0.15) is 0 Å². The second-order valence-electron chi connectivity index (χ2n) is 6.64. The molecule has 8 unspecified atom stereocenters. The van der Waals surface area contributed by atoms with Crippen LogP contribution in [-0.4, -0.2) is 117 Å². The predicted molar refractivity (Wildman–Crippen MR) is 90.2 cm³/mol. The Balaban J connectivity index is 2.24. The number of methoxy groups -OCH3 is 1. The summed E-state index contributed by atoms with van der Waals surface area (Å²) >= 11 is 0. The molecule has 2 rings (SSSR count). The van der Waals surface area contributed by atoms with Crippen molar-refractivity contribution >= 4 is 26.7 Å². The third kappa shape index (κ3) is 7.51. The van der Waals surface area contributed by atoms with Gasteiger partial charge >= 0.3 is 5.97 Å². The summed E-state index contributed by atoms with van der Waals surface area (Å²) in [6.07, 6.45) is -12.1. The Hall–Kier alpha value is -1.03. The Kier molecular flexibility index (Phi) is 8.69. The van der Waals surface area contributed by atoms with E-state index in [1.807, 2.05) is 0 Å². The standard InChI is InChI=1S/C13H23NO15S2/c1-25-12(18)7-2-6(15)10(17)13(28-7)29-11-8(4-27-31(22,23)24)26-3-5(9(11)16)14-30(19,20)21/h5-11,13-17H,2-4H2,1H3,(H,19,20,21)(H,22,23,24)/p-2. The first kappa shape index (κ1) is 26.2. The molecule has 0 radical (unpaired) electrons. The maximum absolute atomic E-state index is 11.7. The van der Waals surface area contributed by atoms with E-state index < -0.39 is 88.8 Å². The van der Waals surface area contributed by atoms with Crippen LogP contribution >= 0.6 is 0 Å². The van der Waals surface area contributed by atoms with Crippen molar-refractivity contribution in [3.63, 3.8) is 0 Å². The summed E-state index contributed by atoms with van der Waals surface area (Å²) in [5, 5.41) is 30.5. The first-order chi connectivity index (χ1) is 14.2. The zero-order chi connectivity index (χ0) is 23.6. The molecule has 0 aromatic carbocycles. The molecule has 0 aromatic heterocycles. The van der Waals surface area contributed by atoms with Gasteiger partial charge in [0.2, 0.25) is 10.4 Å². The summed E-state index contributed by atoms with van der Waals surface area (Å²) in [5.74, 6) is -0.922. The lowest BCUT2D eigenvalue weighted by molar-refractivity contribution is -0.308. The normalized spacial score (nSPS) is 37.4. The smallest absolute Gasteiger partial charge is 0.335 e. The summed E-state index contributed by atoms with van der Waals surface area (Å²) in [6.45, 7) is -1.63. The van der Waals surface area contributed by atoms with E-state index >= 15 is 0 Å². The van der Waals surface area contributed by atoms with E-state index in [4.69, 9.17) is 14.2 Å². The Morgan fingerprint density at radius 3 is 2.35 bits per heavy atom. The lowest BCUT2D eigenvalue weighted by Crippen LogP contribution is -2.63. The number of hydrogen-bond acceptors (Lipinski definition) is 15. The topological polar surface area (TPSA) is 250 Å². The molecule has 4 N–H and O–H groups in total. The van der Waals surface area contributed by atoms with Crippen molar-refractivity contribution in [1.29, 1.82) is 0 Å². The van der Waals surface area contributed by atoms with Crippen LogP contribution in [0.3, 0.4) is 0 Å². The highest BCUT2D eigenvalue weighted by atomic mass is 32.3. The molecule has 0 aromatic rings. The molecular formula is C13H21NO15S2-2. The van der Waals surface area contributed by atoms with Crippen molar-refractivity contribution < 1.29 is 69.2 Å². The molecule has 2 saturated heterocycles. The van der Waals surface area contributed by atoms with Crippen LogP contribution in [0.1, 0.15) is 6.42 Å². The second kappa shape index (κ2) is 10.3. The highest BCUT2D eigenvalue weighted by molar-refractivity contribution is 7.83. The number of esters is 1. The third-order valence-electron chi connectivity index (χ3n) is 4.46. The molecule has 0 aliphatic carbocycles. The number of carbonyl (C=O) groups excluding carboxylic acids is 1. The van der Waals surface area contributed by atoms with E-state index in [-0.39, 0.29) is 6.42 Å². The highest BCUT2D eigenvalue weighted by Crippen LogP contribution is 2.28. The van der Waals surface area contributed by atoms with Crippen molar-refractivity contribution in [2.75, 3.05) is 20.3 Å². The molecule has 2 fully saturated rings. The number of ether oxygens (including phenoxy) is 4. The van der Waals surface area contributed by atoms with Crippen molar-refractivity contribution in [3.05, 3.63) is 0 Å². The van der Waals surface area contributed by atoms with E-state index in [2.05, 4.69) is 8.92 Å². The lowest BCUT2D eigenvalue weighted by atomic mass is 9.98. The Morgan fingerprint density at radius 1 is 1.16 bits per heavy atom. The zero-order valence-corrected chi connectivity index (χ0v) is 17.4. The molecule has 31 heavy (non-hydrogen) atoms. The van der Waals surface area contributed by atoms with Gasteiger partial charge < -0.3 is 43.4 Å². The average molecular weight is 495 g/mol. The molecule has 18 heteroatoms. The molecule has 0 amide bonds. The van der Waals surface area contributed by atoms with Crippen molar-refractivity contribution in [3.8, 4) is 0 Å². The van der Waals surface area contributed by atoms with Gasteiger partial charge in [0.1, 0.15) is 24.4 Å². The molecule has 0 saturated carbocycles. The Morgan fingerprint density at radius 2 is 1.81 bits per heavy atom. The fourth-order valence-electron chi connectivity index (χ4n) is 3.01. The summed E-state index contributed by atoms with van der Waals surface area (Å²) in [7, 11) is -9.22. The zero-order valence-electron chi connectivity index (χ0n) is 15.8. The molecule has 2 heterocycles. The number of carbonyl (C=O) groups is 1. The van der Waals surface area contributed by atoms with Crippen LogP contribution in [0.15, 0.2) is 0 Å². The maximum Gasteiger partial charge on any atom is 0.335 e. The maximum atomic E-state index is 11.7. The largest absolute Gasteiger partial charge is 0.735 e. The van der Waals surface area contributed by atoms with E-state index in [1.54, 1.807) is 0 Å². The van der Waals surface area contributed by atoms with Gasteiger partial charge in [-0.15, -0.1) is 0 Å². The molecule has 0 spiro atoms. The van der Waals surface area contributed by atoms with Crippen molar-refractivity contribution in [2.24, 2.45) is 0 Å². The van der Waals surface area contributed by atoms with Crippen LogP contribution in [0.2, 0.25) is 0 Å². The van der Waals surface area contributed by atoms with Crippen LogP contribution in [0, 0.1) is 0 Å². The van der Waals surface area contributed by atoms with Crippen LogP contribution in [0.4, 0.5) is 0 Å². The number of aliphatic hydroxyl groups excluding tert-OH is 3. The minimum atomic E-state index is -5.19. The number of hydrogen-bond donors (Lipinski definition) is 4. The quantitative estimate of drug-likeness (QED) is 0.140.